The fourth-order valence-corrected chi connectivity index (χ4v) is 5.17. The maximum atomic E-state index is 13.4. The molecule has 1 amide bonds. The molecule has 0 spiro atoms. The van der Waals surface area contributed by atoms with E-state index in [1.807, 2.05) is 24.4 Å². The van der Waals surface area contributed by atoms with Crippen LogP contribution in [-0.2, 0) is 12.8 Å². The van der Waals surface area contributed by atoms with Crippen LogP contribution in [0.4, 0.5) is 4.39 Å². The van der Waals surface area contributed by atoms with Gasteiger partial charge in [-0.05, 0) is 66.8 Å². The summed E-state index contributed by atoms with van der Waals surface area (Å²) in [7, 11) is 0. The first-order chi connectivity index (χ1) is 17.0. The Bertz CT molecular complexity index is 1500. The summed E-state index contributed by atoms with van der Waals surface area (Å²) in [6, 6.07) is 11.8. The number of aromatic amines is 2. The summed E-state index contributed by atoms with van der Waals surface area (Å²) in [5, 5.41) is 19.3. The molecule has 2 aliphatic rings. The standard InChI is InChI=1S/C28H25FN4O2/c29-21-5-1-3-18(15-21)9-10-28(35)11-13-33(14-12-28)27(34)19-7-8-24-23(16-19)22-6-2-4-20-17-30-32-25(20)26(22)31-24/h1,3,5,7-8,15-17,31,35H,2,4,6,11-14H2,(H,30,32). The Balaban J connectivity index is 1.21. The highest BCUT2D eigenvalue weighted by molar-refractivity contribution is 6.00. The van der Waals surface area contributed by atoms with Crippen molar-refractivity contribution in [1.82, 2.24) is 20.1 Å². The lowest BCUT2D eigenvalue weighted by atomic mass is 9.91. The number of carbonyl (C=O) groups is 1. The summed E-state index contributed by atoms with van der Waals surface area (Å²) in [5.74, 6) is 5.37. The van der Waals surface area contributed by atoms with Gasteiger partial charge in [-0.1, -0.05) is 17.9 Å². The molecule has 176 valence electrons. The largest absolute Gasteiger partial charge is 0.377 e. The van der Waals surface area contributed by atoms with Crippen molar-refractivity contribution >= 4 is 16.8 Å². The number of fused-ring (bicyclic) bond motifs is 5. The third-order valence-electron chi connectivity index (χ3n) is 7.14. The first-order valence-electron chi connectivity index (χ1n) is 12.0. The first-order valence-corrected chi connectivity index (χ1v) is 12.0. The van der Waals surface area contributed by atoms with Crippen molar-refractivity contribution in [3.63, 3.8) is 0 Å². The Labute approximate surface area is 202 Å². The van der Waals surface area contributed by atoms with Crippen LogP contribution < -0.4 is 0 Å². The number of aromatic nitrogens is 3. The van der Waals surface area contributed by atoms with Gasteiger partial charge in [0.25, 0.3) is 5.91 Å². The summed E-state index contributed by atoms with van der Waals surface area (Å²) in [5.41, 5.74) is 5.53. The maximum Gasteiger partial charge on any atom is 0.253 e. The van der Waals surface area contributed by atoms with E-state index < -0.39 is 5.60 Å². The maximum absolute atomic E-state index is 13.4. The number of aliphatic hydroxyl groups is 1. The second-order valence-corrected chi connectivity index (χ2v) is 9.45. The van der Waals surface area contributed by atoms with Gasteiger partial charge in [-0.3, -0.25) is 9.89 Å². The summed E-state index contributed by atoms with van der Waals surface area (Å²) in [6.45, 7) is 0.821. The van der Waals surface area contributed by atoms with E-state index in [2.05, 4.69) is 27.0 Å². The van der Waals surface area contributed by atoms with Gasteiger partial charge in [0.15, 0.2) is 0 Å². The van der Waals surface area contributed by atoms with E-state index in [4.69, 9.17) is 0 Å². The number of likely N-dealkylation sites (tertiary alicyclic amines) is 1. The van der Waals surface area contributed by atoms with Crippen molar-refractivity contribution in [1.29, 1.82) is 0 Å². The van der Waals surface area contributed by atoms with Crippen LogP contribution in [0.3, 0.4) is 0 Å². The zero-order chi connectivity index (χ0) is 24.0. The van der Waals surface area contributed by atoms with E-state index >= 15 is 0 Å². The number of nitrogens with one attached hydrogen (secondary N) is 2. The number of H-pyrrole nitrogens is 2. The third kappa shape index (κ3) is 4.00. The lowest BCUT2D eigenvalue weighted by molar-refractivity contribution is 0.0249. The second kappa shape index (κ2) is 8.40. The number of benzene rings is 2. The third-order valence-corrected chi connectivity index (χ3v) is 7.14. The average Bonchev–Trinajstić information content (AvgIpc) is 3.43. The van der Waals surface area contributed by atoms with Gasteiger partial charge in [0.05, 0.1) is 17.6 Å². The highest BCUT2D eigenvalue weighted by Crippen LogP contribution is 2.36. The van der Waals surface area contributed by atoms with Gasteiger partial charge in [-0.2, -0.15) is 5.10 Å². The number of amides is 1. The Kier molecular flexibility index (Phi) is 5.19. The van der Waals surface area contributed by atoms with E-state index in [1.165, 1.54) is 23.3 Å². The van der Waals surface area contributed by atoms with E-state index in [1.54, 1.807) is 17.0 Å². The van der Waals surface area contributed by atoms with Gasteiger partial charge >= 0.3 is 0 Å². The normalized spacial score (nSPS) is 16.7. The Morgan fingerprint density at radius 2 is 1.97 bits per heavy atom. The predicted octanol–water partition coefficient (Wildman–Crippen LogP) is 4.20. The molecule has 0 bridgehead atoms. The SMILES string of the molecule is O=C(c1ccc2[nH]c3c(c2c1)CCCc1cn[nH]c1-3)N1CCC(O)(C#Cc2cccc(F)c2)CC1. The van der Waals surface area contributed by atoms with Crippen LogP contribution in [0.2, 0.25) is 0 Å². The molecule has 0 radical (unpaired) electrons. The molecule has 4 aromatic rings. The Morgan fingerprint density at radius 1 is 1.11 bits per heavy atom. The summed E-state index contributed by atoms with van der Waals surface area (Å²) >= 11 is 0. The molecule has 2 aromatic carbocycles. The van der Waals surface area contributed by atoms with Gasteiger partial charge in [-0.25, -0.2) is 4.39 Å². The van der Waals surface area contributed by atoms with E-state index in [-0.39, 0.29) is 11.7 Å². The van der Waals surface area contributed by atoms with Crippen LogP contribution in [0.25, 0.3) is 22.3 Å². The molecule has 6 rings (SSSR count). The lowest BCUT2D eigenvalue weighted by Gasteiger charge is -2.35. The number of rotatable bonds is 1. The molecule has 0 saturated carbocycles. The minimum absolute atomic E-state index is 0.0437. The molecule has 1 aliphatic heterocycles. The van der Waals surface area contributed by atoms with Crippen LogP contribution in [0.1, 0.15) is 46.3 Å². The first kappa shape index (κ1) is 21.6. The molecule has 0 unspecified atom stereocenters. The van der Waals surface area contributed by atoms with Gasteiger partial charge in [0, 0.05) is 48.0 Å². The zero-order valence-corrected chi connectivity index (χ0v) is 19.2. The Morgan fingerprint density at radius 3 is 2.80 bits per heavy atom. The number of aryl methyl sites for hydroxylation is 2. The van der Waals surface area contributed by atoms with Crippen molar-refractivity contribution in [2.24, 2.45) is 0 Å². The minimum Gasteiger partial charge on any atom is -0.377 e. The smallest absolute Gasteiger partial charge is 0.253 e. The number of piperidine rings is 1. The van der Waals surface area contributed by atoms with Crippen molar-refractivity contribution in [2.75, 3.05) is 13.1 Å². The van der Waals surface area contributed by atoms with Gasteiger partial charge in [0.2, 0.25) is 0 Å². The molecule has 1 aliphatic carbocycles. The van der Waals surface area contributed by atoms with E-state index in [0.29, 0.717) is 37.1 Å². The van der Waals surface area contributed by atoms with Crippen molar-refractivity contribution < 1.29 is 14.3 Å². The highest BCUT2D eigenvalue weighted by Gasteiger charge is 2.33. The number of nitrogens with zero attached hydrogens (tertiary/aromatic N) is 2. The average molecular weight is 469 g/mol. The summed E-state index contributed by atoms with van der Waals surface area (Å²) in [4.78, 5) is 18.6. The molecule has 35 heavy (non-hydrogen) atoms. The van der Waals surface area contributed by atoms with Crippen molar-refractivity contribution in [3.05, 3.63) is 76.7 Å². The molecule has 3 N–H and O–H groups in total. The van der Waals surface area contributed by atoms with Crippen molar-refractivity contribution in [2.45, 2.75) is 37.7 Å². The predicted molar refractivity (Wildman–Crippen MR) is 131 cm³/mol. The molecule has 3 heterocycles. The molecule has 7 heteroatoms. The molecule has 1 fully saturated rings. The molecule has 2 aromatic heterocycles. The number of halogens is 1. The molecule has 6 nitrogen and oxygen atoms in total. The van der Waals surface area contributed by atoms with Crippen molar-refractivity contribution in [3.8, 4) is 23.2 Å². The lowest BCUT2D eigenvalue weighted by Crippen LogP contribution is -2.46. The highest BCUT2D eigenvalue weighted by atomic mass is 19.1. The van der Waals surface area contributed by atoms with Gasteiger partial charge in [0.1, 0.15) is 11.4 Å². The summed E-state index contributed by atoms with van der Waals surface area (Å²) < 4.78 is 13.4. The van der Waals surface area contributed by atoms with E-state index in [9.17, 15) is 14.3 Å². The minimum atomic E-state index is -1.19. The number of hydrogen-bond acceptors (Lipinski definition) is 3. The van der Waals surface area contributed by atoms with Crippen LogP contribution in [-0.4, -0.2) is 49.8 Å². The van der Waals surface area contributed by atoms with Crippen LogP contribution in [0.15, 0.2) is 48.7 Å². The van der Waals surface area contributed by atoms with Crippen LogP contribution in [0, 0.1) is 17.7 Å². The Hall–Kier alpha value is -3.89. The molecule has 1 saturated heterocycles. The fraction of sp³-hybridized carbons (Fsp3) is 0.286. The fourth-order valence-electron chi connectivity index (χ4n) is 5.17. The monoisotopic (exact) mass is 468 g/mol. The second-order valence-electron chi connectivity index (χ2n) is 9.45. The number of carbonyl (C=O) groups excluding carboxylic acids is 1. The molecular formula is C28H25FN4O2. The summed E-state index contributed by atoms with van der Waals surface area (Å²) in [6.07, 6.45) is 5.55. The van der Waals surface area contributed by atoms with Gasteiger partial charge < -0.3 is 15.0 Å². The van der Waals surface area contributed by atoms with Crippen LogP contribution in [0.5, 0.6) is 0 Å². The van der Waals surface area contributed by atoms with Crippen LogP contribution >= 0.6 is 0 Å². The molecular weight excluding hydrogens is 443 g/mol. The quantitative estimate of drug-likeness (QED) is 0.366. The zero-order valence-electron chi connectivity index (χ0n) is 19.2. The topological polar surface area (TPSA) is 85.0 Å². The molecule has 0 atom stereocenters. The van der Waals surface area contributed by atoms with E-state index in [0.717, 1.165) is 41.6 Å². The van der Waals surface area contributed by atoms with Gasteiger partial charge in [-0.15, -0.1) is 0 Å². The number of hydrogen-bond donors (Lipinski definition) is 3.